The Morgan fingerprint density at radius 3 is 2.71 bits per heavy atom. The summed E-state index contributed by atoms with van der Waals surface area (Å²) in [5.74, 6) is -0.198. The first-order valence-electron chi connectivity index (χ1n) is 6.35. The number of aromatic nitrogens is 2. The van der Waals surface area contributed by atoms with E-state index < -0.39 is 17.5 Å². The summed E-state index contributed by atoms with van der Waals surface area (Å²) in [7, 11) is 0. The van der Waals surface area contributed by atoms with Crippen LogP contribution < -0.4 is 11.1 Å². The molecule has 0 atom stereocenters. The van der Waals surface area contributed by atoms with E-state index in [1.165, 1.54) is 18.3 Å². The smallest absolute Gasteiger partial charge is 0.412 e. The molecule has 0 aliphatic carbocycles. The van der Waals surface area contributed by atoms with E-state index in [1.54, 1.807) is 26.8 Å². The average molecular weight is 292 g/mol. The first-order chi connectivity index (χ1) is 9.76. The lowest BCUT2D eigenvalue weighted by Crippen LogP contribution is -2.27. The quantitative estimate of drug-likeness (QED) is 0.792. The van der Waals surface area contributed by atoms with Crippen LogP contribution in [0.15, 0.2) is 24.4 Å². The van der Waals surface area contributed by atoms with E-state index in [2.05, 4.69) is 15.5 Å². The van der Waals surface area contributed by atoms with Crippen LogP contribution in [0.4, 0.5) is 20.7 Å². The summed E-state index contributed by atoms with van der Waals surface area (Å²) < 4.78 is 18.9. The number of H-pyrrole nitrogens is 1. The number of amides is 1. The van der Waals surface area contributed by atoms with Crippen molar-refractivity contribution >= 4 is 17.6 Å². The Labute approximate surface area is 121 Å². The predicted octanol–water partition coefficient (Wildman–Crippen LogP) is 3.15. The van der Waals surface area contributed by atoms with Crippen molar-refractivity contribution in [2.24, 2.45) is 0 Å². The lowest BCUT2D eigenvalue weighted by atomic mass is 10.1. The van der Waals surface area contributed by atoms with Crippen LogP contribution >= 0.6 is 0 Å². The molecule has 0 spiro atoms. The number of benzene rings is 1. The van der Waals surface area contributed by atoms with E-state index in [0.29, 0.717) is 16.9 Å². The molecule has 0 aliphatic rings. The van der Waals surface area contributed by atoms with Gasteiger partial charge in [-0.1, -0.05) is 6.07 Å². The van der Waals surface area contributed by atoms with Gasteiger partial charge >= 0.3 is 6.09 Å². The van der Waals surface area contributed by atoms with Crippen LogP contribution in [-0.2, 0) is 4.74 Å². The highest BCUT2D eigenvalue weighted by molar-refractivity contribution is 5.87. The Hall–Kier alpha value is -2.57. The molecule has 0 fully saturated rings. The fourth-order valence-electron chi connectivity index (χ4n) is 1.73. The van der Waals surface area contributed by atoms with E-state index in [4.69, 9.17) is 10.5 Å². The van der Waals surface area contributed by atoms with Gasteiger partial charge in [-0.05, 0) is 38.5 Å². The van der Waals surface area contributed by atoms with Crippen LogP contribution in [0.25, 0.3) is 11.1 Å². The molecular formula is C14H17FN4O2. The van der Waals surface area contributed by atoms with E-state index in [0.717, 1.165) is 0 Å². The molecule has 112 valence electrons. The van der Waals surface area contributed by atoms with Gasteiger partial charge in [0, 0.05) is 5.56 Å². The van der Waals surface area contributed by atoms with Crippen molar-refractivity contribution in [3.05, 3.63) is 30.2 Å². The number of anilines is 2. The Morgan fingerprint density at radius 2 is 2.14 bits per heavy atom. The molecule has 7 heteroatoms. The summed E-state index contributed by atoms with van der Waals surface area (Å²) in [6.45, 7) is 5.18. The van der Waals surface area contributed by atoms with Gasteiger partial charge in [0.15, 0.2) is 0 Å². The van der Waals surface area contributed by atoms with Gasteiger partial charge < -0.3 is 10.5 Å². The number of ether oxygens (including phenoxy) is 1. The fraction of sp³-hybridized carbons (Fsp3) is 0.286. The summed E-state index contributed by atoms with van der Waals surface area (Å²) in [5.41, 5.74) is 6.34. The maximum absolute atomic E-state index is 13.8. The largest absolute Gasteiger partial charge is 0.444 e. The third-order valence-electron chi connectivity index (χ3n) is 2.58. The Balaban J connectivity index is 2.24. The monoisotopic (exact) mass is 292 g/mol. The molecule has 0 aliphatic heterocycles. The molecule has 4 N–H and O–H groups in total. The summed E-state index contributed by atoms with van der Waals surface area (Å²) in [6.07, 6.45) is 0.804. The SMILES string of the molecule is CC(C)(C)OC(=O)Nc1cc(-c2cn[nH]c2N)ccc1F. The Morgan fingerprint density at radius 1 is 1.43 bits per heavy atom. The van der Waals surface area contributed by atoms with Crippen molar-refractivity contribution in [3.63, 3.8) is 0 Å². The van der Waals surface area contributed by atoms with E-state index in [-0.39, 0.29) is 5.69 Å². The van der Waals surface area contributed by atoms with Gasteiger partial charge in [0.2, 0.25) is 0 Å². The molecule has 1 heterocycles. The highest BCUT2D eigenvalue weighted by Gasteiger charge is 2.18. The number of aromatic amines is 1. The third kappa shape index (κ3) is 3.71. The van der Waals surface area contributed by atoms with E-state index in [1.807, 2.05) is 0 Å². The van der Waals surface area contributed by atoms with E-state index >= 15 is 0 Å². The number of rotatable bonds is 2. The number of nitrogens with two attached hydrogens (primary N) is 1. The van der Waals surface area contributed by atoms with Crippen LogP contribution in [-0.4, -0.2) is 21.9 Å². The molecule has 1 aromatic heterocycles. The minimum Gasteiger partial charge on any atom is -0.444 e. The number of halogens is 1. The topological polar surface area (TPSA) is 93.0 Å². The van der Waals surface area contributed by atoms with Crippen molar-refractivity contribution in [2.45, 2.75) is 26.4 Å². The first-order valence-corrected chi connectivity index (χ1v) is 6.35. The number of nitrogen functional groups attached to an aromatic ring is 1. The van der Waals surface area contributed by atoms with Gasteiger partial charge in [-0.2, -0.15) is 5.10 Å². The molecule has 0 saturated carbocycles. The van der Waals surface area contributed by atoms with E-state index in [9.17, 15) is 9.18 Å². The van der Waals surface area contributed by atoms with Gasteiger partial charge in [0.1, 0.15) is 17.2 Å². The zero-order valence-corrected chi connectivity index (χ0v) is 12.0. The number of carbonyl (C=O) groups excluding carboxylic acids is 1. The van der Waals surface area contributed by atoms with Gasteiger partial charge in [0.05, 0.1) is 11.9 Å². The molecule has 2 rings (SSSR count). The zero-order chi connectivity index (χ0) is 15.6. The third-order valence-corrected chi connectivity index (χ3v) is 2.58. The van der Waals surface area contributed by atoms with Crippen molar-refractivity contribution < 1.29 is 13.9 Å². The van der Waals surface area contributed by atoms with Crippen LogP contribution in [0.1, 0.15) is 20.8 Å². The van der Waals surface area contributed by atoms with Crippen molar-refractivity contribution in [1.82, 2.24) is 10.2 Å². The van der Waals surface area contributed by atoms with Gasteiger partial charge in [-0.3, -0.25) is 10.4 Å². The lowest BCUT2D eigenvalue weighted by molar-refractivity contribution is 0.0635. The van der Waals surface area contributed by atoms with Crippen LogP contribution in [0.3, 0.4) is 0 Å². The lowest BCUT2D eigenvalue weighted by Gasteiger charge is -2.20. The number of carbonyl (C=O) groups is 1. The molecule has 0 bridgehead atoms. The molecule has 21 heavy (non-hydrogen) atoms. The highest BCUT2D eigenvalue weighted by Crippen LogP contribution is 2.28. The summed E-state index contributed by atoms with van der Waals surface area (Å²) in [5, 5.41) is 8.78. The molecule has 2 aromatic rings. The van der Waals surface area contributed by atoms with Gasteiger partial charge in [0.25, 0.3) is 0 Å². The Kier molecular flexibility index (Phi) is 3.84. The fourth-order valence-corrected chi connectivity index (χ4v) is 1.73. The second-order valence-electron chi connectivity index (χ2n) is 5.52. The first kappa shape index (κ1) is 14.8. The van der Waals surface area contributed by atoms with Crippen molar-refractivity contribution in [3.8, 4) is 11.1 Å². The highest BCUT2D eigenvalue weighted by atomic mass is 19.1. The average Bonchev–Trinajstić information content (AvgIpc) is 2.76. The molecule has 6 nitrogen and oxygen atoms in total. The molecule has 1 amide bonds. The standard InChI is InChI=1S/C14H17FN4O2/c1-14(2,3)21-13(20)18-11-6-8(4-5-10(11)15)9-7-17-19-12(9)16/h4-7H,1-3H3,(H,18,20)(H3,16,17,19). The van der Waals surface area contributed by atoms with Crippen molar-refractivity contribution in [2.75, 3.05) is 11.1 Å². The summed E-state index contributed by atoms with van der Waals surface area (Å²) in [6, 6.07) is 4.27. The second-order valence-corrected chi connectivity index (χ2v) is 5.52. The second kappa shape index (κ2) is 5.43. The van der Waals surface area contributed by atoms with Crippen molar-refractivity contribution in [1.29, 1.82) is 0 Å². The number of nitrogens with zero attached hydrogens (tertiary/aromatic N) is 1. The normalized spacial score (nSPS) is 11.2. The van der Waals surface area contributed by atoms with Crippen LogP contribution in [0.5, 0.6) is 0 Å². The maximum Gasteiger partial charge on any atom is 0.412 e. The molecule has 0 unspecified atom stereocenters. The predicted molar refractivity (Wildman–Crippen MR) is 78.3 cm³/mol. The van der Waals surface area contributed by atoms with Gasteiger partial charge in [-0.25, -0.2) is 9.18 Å². The Bertz CT molecular complexity index is 661. The summed E-state index contributed by atoms with van der Waals surface area (Å²) in [4.78, 5) is 11.7. The molecule has 0 radical (unpaired) electrons. The minimum absolute atomic E-state index is 0.0161. The number of hydrogen-bond acceptors (Lipinski definition) is 4. The molecule has 1 aromatic carbocycles. The minimum atomic E-state index is -0.723. The van der Waals surface area contributed by atoms with Crippen LogP contribution in [0, 0.1) is 5.82 Å². The molecular weight excluding hydrogens is 275 g/mol. The number of hydrogen-bond donors (Lipinski definition) is 3. The molecule has 0 saturated heterocycles. The summed E-state index contributed by atoms with van der Waals surface area (Å²) >= 11 is 0. The van der Waals surface area contributed by atoms with Crippen LogP contribution in [0.2, 0.25) is 0 Å². The maximum atomic E-state index is 13.8. The number of nitrogens with one attached hydrogen (secondary N) is 2. The zero-order valence-electron chi connectivity index (χ0n) is 12.0. The van der Waals surface area contributed by atoms with Gasteiger partial charge in [-0.15, -0.1) is 0 Å².